The fourth-order valence-electron chi connectivity index (χ4n) is 5.18. The lowest BCUT2D eigenvalue weighted by atomic mass is 9.98. The standard InChI is InChI=1S/C28H31BN4O/c1-20-30-26-14-13-24(31(2)23-15-17-32(29)18-16-23)19-25(26)28(34)33(20)27(21-9-5-3-6-10-21)22-11-7-4-8-12-22/h3-14,19,23,27H,15-18,29H2,1-2H3. The Balaban J connectivity index is 1.63. The highest BCUT2D eigenvalue weighted by Gasteiger charge is 2.23. The van der Waals surface area contributed by atoms with Gasteiger partial charge in [-0.25, -0.2) is 4.98 Å². The molecule has 5 rings (SSSR count). The Hall–Kier alpha value is -3.38. The zero-order valence-corrected chi connectivity index (χ0v) is 20.2. The van der Waals surface area contributed by atoms with E-state index in [1.165, 1.54) is 0 Å². The summed E-state index contributed by atoms with van der Waals surface area (Å²) >= 11 is 0. The van der Waals surface area contributed by atoms with Gasteiger partial charge in [0.1, 0.15) is 5.82 Å². The molecule has 1 fully saturated rings. The van der Waals surface area contributed by atoms with Crippen molar-refractivity contribution in [3.05, 3.63) is 106 Å². The summed E-state index contributed by atoms with van der Waals surface area (Å²) in [7, 11) is 4.33. The third-order valence-electron chi connectivity index (χ3n) is 7.19. The predicted octanol–water partition coefficient (Wildman–Crippen LogP) is 3.79. The summed E-state index contributed by atoms with van der Waals surface area (Å²) in [5, 5.41) is 0.666. The quantitative estimate of drug-likeness (QED) is 0.434. The lowest BCUT2D eigenvalue weighted by molar-refractivity contribution is 0.329. The highest BCUT2D eigenvalue weighted by atomic mass is 16.1. The van der Waals surface area contributed by atoms with Crippen molar-refractivity contribution < 1.29 is 0 Å². The summed E-state index contributed by atoms with van der Waals surface area (Å²) in [6.45, 7) is 4.14. The van der Waals surface area contributed by atoms with E-state index in [1.54, 1.807) is 0 Å². The maximum absolute atomic E-state index is 14.0. The minimum Gasteiger partial charge on any atom is -0.371 e. The van der Waals surface area contributed by atoms with E-state index < -0.39 is 0 Å². The van der Waals surface area contributed by atoms with E-state index in [-0.39, 0.29) is 11.6 Å². The molecule has 1 aromatic heterocycles. The SMILES string of the molecule is BN1CCC(N(C)c2ccc3nc(C)n(C(c4ccccc4)c4ccccc4)c(=O)c3c2)CC1. The van der Waals surface area contributed by atoms with Gasteiger partial charge in [-0.05, 0) is 62.2 Å². The van der Waals surface area contributed by atoms with Gasteiger partial charge in [0, 0.05) is 18.8 Å². The lowest BCUT2D eigenvalue weighted by Gasteiger charge is -2.36. The van der Waals surface area contributed by atoms with Crippen molar-refractivity contribution in [2.24, 2.45) is 0 Å². The molecular formula is C28H31BN4O. The van der Waals surface area contributed by atoms with Crippen molar-refractivity contribution in [1.29, 1.82) is 0 Å². The van der Waals surface area contributed by atoms with Crippen LogP contribution in [0.15, 0.2) is 83.7 Å². The van der Waals surface area contributed by atoms with Crippen LogP contribution in [0.5, 0.6) is 0 Å². The summed E-state index contributed by atoms with van der Waals surface area (Å²) in [5.41, 5.74) is 3.96. The average Bonchev–Trinajstić information content (AvgIpc) is 2.87. The molecule has 0 saturated carbocycles. The number of fused-ring (bicyclic) bond motifs is 1. The number of nitrogens with zero attached hydrogens (tertiary/aromatic N) is 4. The van der Waals surface area contributed by atoms with Gasteiger partial charge in [-0.15, -0.1) is 0 Å². The first-order valence-corrected chi connectivity index (χ1v) is 12.1. The van der Waals surface area contributed by atoms with Crippen LogP contribution in [0.3, 0.4) is 0 Å². The molecule has 6 heteroatoms. The van der Waals surface area contributed by atoms with Crippen LogP contribution >= 0.6 is 0 Å². The van der Waals surface area contributed by atoms with Crippen LogP contribution in [0.1, 0.15) is 35.8 Å². The Morgan fingerprint density at radius 3 is 2.12 bits per heavy atom. The molecule has 0 unspecified atom stereocenters. The molecule has 0 amide bonds. The molecule has 1 aliphatic heterocycles. The molecular weight excluding hydrogens is 419 g/mol. The normalized spacial score (nSPS) is 15.1. The summed E-state index contributed by atoms with van der Waals surface area (Å²) < 4.78 is 1.85. The Morgan fingerprint density at radius 2 is 1.53 bits per heavy atom. The van der Waals surface area contributed by atoms with E-state index in [2.05, 4.69) is 55.1 Å². The molecule has 0 N–H and O–H groups in total. The van der Waals surface area contributed by atoms with Crippen molar-refractivity contribution in [2.45, 2.75) is 31.8 Å². The summed E-state index contributed by atoms with van der Waals surface area (Å²) in [6.07, 6.45) is 2.26. The van der Waals surface area contributed by atoms with Crippen molar-refractivity contribution in [3.8, 4) is 0 Å². The number of rotatable bonds is 5. The number of hydrogen-bond acceptors (Lipinski definition) is 4. The summed E-state index contributed by atoms with van der Waals surface area (Å²) in [6, 6.07) is 26.8. The minimum absolute atomic E-state index is 0.00108. The number of anilines is 1. The van der Waals surface area contributed by atoms with Crippen LogP contribution < -0.4 is 10.5 Å². The lowest BCUT2D eigenvalue weighted by Crippen LogP contribution is -2.42. The predicted molar refractivity (Wildman–Crippen MR) is 142 cm³/mol. The number of aromatic nitrogens is 2. The van der Waals surface area contributed by atoms with Crippen molar-refractivity contribution in [1.82, 2.24) is 14.4 Å². The van der Waals surface area contributed by atoms with E-state index in [9.17, 15) is 4.79 Å². The number of benzene rings is 3. The van der Waals surface area contributed by atoms with E-state index in [0.29, 0.717) is 17.3 Å². The molecule has 0 radical (unpaired) electrons. The summed E-state index contributed by atoms with van der Waals surface area (Å²) in [5.74, 6) is 0.714. The first-order chi connectivity index (χ1) is 16.5. The average molecular weight is 450 g/mol. The first-order valence-electron chi connectivity index (χ1n) is 12.1. The second-order valence-corrected chi connectivity index (χ2v) is 9.40. The minimum atomic E-state index is -0.234. The Morgan fingerprint density at radius 1 is 0.941 bits per heavy atom. The van der Waals surface area contributed by atoms with Crippen LogP contribution in [0.4, 0.5) is 5.69 Å². The topological polar surface area (TPSA) is 41.4 Å². The Labute approximate surface area is 202 Å². The molecule has 4 aromatic rings. The number of hydrogen-bond donors (Lipinski definition) is 0. The van der Waals surface area contributed by atoms with E-state index in [4.69, 9.17) is 4.98 Å². The molecule has 172 valence electrons. The van der Waals surface area contributed by atoms with Gasteiger partial charge in [-0.2, -0.15) is 0 Å². The van der Waals surface area contributed by atoms with Gasteiger partial charge in [-0.1, -0.05) is 60.7 Å². The van der Waals surface area contributed by atoms with Crippen LogP contribution in [0.25, 0.3) is 10.9 Å². The molecule has 0 atom stereocenters. The van der Waals surface area contributed by atoms with E-state index >= 15 is 0 Å². The monoisotopic (exact) mass is 450 g/mol. The van der Waals surface area contributed by atoms with Crippen molar-refractivity contribution in [3.63, 3.8) is 0 Å². The number of aryl methyl sites for hydroxylation is 1. The van der Waals surface area contributed by atoms with E-state index in [0.717, 1.165) is 48.3 Å². The van der Waals surface area contributed by atoms with Crippen LogP contribution in [-0.4, -0.2) is 48.5 Å². The fraction of sp³-hybridized carbons (Fsp3) is 0.286. The maximum Gasteiger partial charge on any atom is 0.262 e. The fourth-order valence-corrected chi connectivity index (χ4v) is 5.18. The molecule has 3 aromatic carbocycles. The molecule has 1 aliphatic rings. The zero-order valence-electron chi connectivity index (χ0n) is 20.2. The largest absolute Gasteiger partial charge is 0.371 e. The van der Waals surface area contributed by atoms with Crippen LogP contribution in [0, 0.1) is 6.92 Å². The molecule has 0 spiro atoms. The first kappa shape index (κ1) is 22.4. The molecule has 1 saturated heterocycles. The second kappa shape index (κ2) is 9.47. The Kier molecular flexibility index (Phi) is 6.25. The Bertz CT molecular complexity index is 1290. The van der Waals surface area contributed by atoms with Gasteiger partial charge in [0.25, 0.3) is 5.56 Å². The van der Waals surface area contributed by atoms with Crippen LogP contribution in [0.2, 0.25) is 0 Å². The van der Waals surface area contributed by atoms with Gasteiger partial charge in [0.2, 0.25) is 0 Å². The van der Waals surface area contributed by atoms with Gasteiger partial charge >= 0.3 is 0 Å². The molecule has 5 nitrogen and oxygen atoms in total. The van der Waals surface area contributed by atoms with Crippen LogP contribution in [-0.2, 0) is 0 Å². The zero-order chi connectivity index (χ0) is 23.7. The van der Waals surface area contributed by atoms with Crippen molar-refractivity contribution in [2.75, 3.05) is 25.0 Å². The molecule has 0 aliphatic carbocycles. The smallest absolute Gasteiger partial charge is 0.262 e. The molecule has 2 heterocycles. The third kappa shape index (κ3) is 4.26. The van der Waals surface area contributed by atoms with Gasteiger partial charge < -0.3 is 9.71 Å². The van der Waals surface area contributed by atoms with Gasteiger partial charge in [-0.3, -0.25) is 9.36 Å². The summed E-state index contributed by atoms with van der Waals surface area (Å²) in [4.78, 5) is 23.6. The van der Waals surface area contributed by atoms with Gasteiger partial charge in [0.15, 0.2) is 7.98 Å². The third-order valence-corrected chi connectivity index (χ3v) is 7.19. The highest BCUT2D eigenvalue weighted by Crippen LogP contribution is 2.28. The number of piperidine rings is 1. The molecule has 34 heavy (non-hydrogen) atoms. The second-order valence-electron chi connectivity index (χ2n) is 9.40. The van der Waals surface area contributed by atoms with Gasteiger partial charge in [0.05, 0.1) is 16.9 Å². The van der Waals surface area contributed by atoms with Crippen molar-refractivity contribution >= 4 is 24.6 Å². The highest BCUT2D eigenvalue weighted by molar-refractivity contribution is 6.04. The molecule has 0 bridgehead atoms. The van der Waals surface area contributed by atoms with E-state index in [1.807, 2.05) is 60.0 Å². The maximum atomic E-state index is 14.0.